The molecule has 0 aromatic carbocycles. The Bertz CT molecular complexity index is 392. The largest absolute Gasteiger partial charge is 0.370 e. The molecule has 114 valence electrons. The third-order valence-electron chi connectivity index (χ3n) is 3.31. The van der Waals surface area contributed by atoms with Gasteiger partial charge in [0.1, 0.15) is 5.82 Å². The molecule has 1 rings (SSSR count). The molecular formula is C15H29N5. The van der Waals surface area contributed by atoms with Crippen LogP contribution >= 0.6 is 0 Å². The lowest BCUT2D eigenvalue weighted by molar-refractivity contribution is 0.269. The standard InChI is InChI=1S/C15H29N5/c1-6-16-15-18-13(4)11-14(19-15)17-9-7-8-10-20(5)12(2)3/h11-12H,6-10H2,1-5H3,(H2,16,17,18,19). The SMILES string of the molecule is CCNc1nc(C)cc(NCCCCN(C)C(C)C)n1. The highest BCUT2D eigenvalue weighted by Crippen LogP contribution is 2.09. The predicted octanol–water partition coefficient (Wildman–Crippen LogP) is 2.75. The van der Waals surface area contributed by atoms with Crippen LogP contribution in [0.3, 0.4) is 0 Å². The van der Waals surface area contributed by atoms with Gasteiger partial charge in [-0.2, -0.15) is 4.98 Å². The number of nitrogens with zero attached hydrogens (tertiary/aromatic N) is 3. The van der Waals surface area contributed by atoms with Crippen molar-refractivity contribution >= 4 is 11.8 Å². The second-order valence-electron chi connectivity index (χ2n) is 5.46. The number of unbranched alkanes of at least 4 members (excludes halogenated alkanes) is 1. The van der Waals surface area contributed by atoms with E-state index >= 15 is 0 Å². The van der Waals surface area contributed by atoms with E-state index < -0.39 is 0 Å². The third kappa shape index (κ3) is 6.19. The van der Waals surface area contributed by atoms with Crippen LogP contribution in [0, 0.1) is 6.92 Å². The van der Waals surface area contributed by atoms with Crippen LogP contribution in [-0.2, 0) is 0 Å². The summed E-state index contributed by atoms with van der Waals surface area (Å²) in [6.07, 6.45) is 2.35. The number of hydrogen-bond acceptors (Lipinski definition) is 5. The van der Waals surface area contributed by atoms with Crippen molar-refractivity contribution in [2.24, 2.45) is 0 Å². The predicted molar refractivity (Wildman–Crippen MR) is 86.4 cm³/mol. The van der Waals surface area contributed by atoms with Gasteiger partial charge in [0.2, 0.25) is 5.95 Å². The lowest BCUT2D eigenvalue weighted by Gasteiger charge is -2.20. The molecule has 1 heterocycles. The third-order valence-corrected chi connectivity index (χ3v) is 3.31. The second-order valence-corrected chi connectivity index (χ2v) is 5.46. The molecule has 20 heavy (non-hydrogen) atoms. The number of aromatic nitrogens is 2. The molecule has 0 amide bonds. The van der Waals surface area contributed by atoms with Gasteiger partial charge in [0.15, 0.2) is 0 Å². The molecule has 0 saturated carbocycles. The van der Waals surface area contributed by atoms with Gasteiger partial charge in [-0.3, -0.25) is 0 Å². The monoisotopic (exact) mass is 279 g/mol. The zero-order valence-corrected chi connectivity index (χ0v) is 13.5. The van der Waals surface area contributed by atoms with Crippen LogP contribution < -0.4 is 10.6 Å². The van der Waals surface area contributed by atoms with Crippen molar-refractivity contribution in [3.63, 3.8) is 0 Å². The Labute approximate surface area is 123 Å². The molecule has 0 aliphatic heterocycles. The van der Waals surface area contributed by atoms with Crippen LogP contribution in [0.4, 0.5) is 11.8 Å². The molecule has 0 bridgehead atoms. The van der Waals surface area contributed by atoms with E-state index in [-0.39, 0.29) is 0 Å². The summed E-state index contributed by atoms with van der Waals surface area (Å²) in [5, 5.41) is 6.53. The maximum absolute atomic E-state index is 4.44. The molecular weight excluding hydrogens is 250 g/mol. The summed E-state index contributed by atoms with van der Waals surface area (Å²) < 4.78 is 0. The molecule has 0 saturated heterocycles. The zero-order chi connectivity index (χ0) is 15.0. The fraction of sp³-hybridized carbons (Fsp3) is 0.733. The average Bonchev–Trinajstić information content (AvgIpc) is 2.37. The highest BCUT2D eigenvalue weighted by Gasteiger charge is 2.03. The first-order chi connectivity index (χ1) is 9.52. The molecule has 1 aromatic heterocycles. The van der Waals surface area contributed by atoms with Crippen molar-refractivity contribution < 1.29 is 0 Å². The van der Waals surface area contributed by atoms with E-state index in [2.05, 4.69) is 46.4 Å². The molecule has 5 nitrogen and oxygen atoms in total. The maximum atomic E-state index is 4.44. The first-order valence-electron chi connectivity index (χ1n) is 7.56. The van der Waals surface area contributed by atoms with E-state index in [0.717, 1.165) is 37.6 Å². The number of rotatable bonds is 9. The van der Waals surface area contributed by atoms with Gasteiger partial charge in [0.05, 0.1) is 0 Å². The van der Waals surface area contributed by atoms with Gasteiger partial charge in [-0.1, -0.05) is 0 Å². The fourth-order valence-electron chi connectivity index (χ4n) is 1.86. The molecule has 0 radical (unpaired) electrons. The van der Waals surface area contributed by atoms with Gasteiger partial charge < -0.3 is 15.5 Å². The molecule has 2 N–H and O–H groups in total. The molecule has 1 aromatic rings. The van der Waals surface area contributed by atoms with Gasteiger partial charge in [0.25, 0.3) is 0 Å². The highest BCUT2D eigenvalue weighted by molar-refractivity contribution is 5.41. The molecule has 0 aliphatic rings. The Morgan fingerprint density at radius 1 is 1.20 bits per heavy atom. The minimum Gasteiger partial charge on any atom is -0.370 e. The van der Waals surface area contributed by atoms with E-state index in [1.165, 1.54) is 6.42 Å². The van der Waals surface area contributed by atoms with Crippen LogP contribution in [-0.4, -0.2) is 47.6 Å². The molecule has 0 aliphatic carbocycles. The van der Waals surface area contributed by atoms with E-state index in [1.54, 1.807) is 0 Å². The Morgan fingerprint density at radius 3 is 2.60 bits per heavy atom. The van der Waals surface area contributed by atoms with Gasteiger partial charge in [-0.15, -0.1) is 0 Å². The van der Waals surface area contributed by atoms with Gasteiger partial charge in [0, 0.05) is 30.9 Å². The number of hydrogen-bond donors (Lipinski definition) is 2. The van der Waals surface area contributed by atoms with Crippen molar-refractivity contribution in [2.45, 2.75) is 46.6 Å². The van der Waals surface area contributed by atoms with E-state index in [0.29, 0.717) is 12.0 Å². The molecule has 0 unspecified atom stereocenters. The van der Waals surface area contributed by atoms with Gasteiger partial charge in [-0.05, 0) is 54.1 Å². The lowest BCUT2D eigenvalue weighted by atomic mass is 10.2. The van der Waals surface area contributed by atoms with Crippen molar-refractivity contribution in [1.29, 1.82) is 0 Å². The van der Waals surface area contributed by atoms with Crippen LogP contribution in [0.1, 0.15) is 39.3 Å². The number of anilines is 2. The summed E-state index contributed by atoms with van der Waals surface area (Å²) in [7, 11) is 2.18. The minimum atomic E-state index is 0.621. The summed E-state index contributed by atoms with van der Waals surface area (Å²) in [5.74, 6) is 1.61. The minimum absolute atomic E-state index is 0.621. The van der Waals surface area contributed by atoms with Gasteiger partial charge >= 0.3 is 0 Å². The first kappa shape index (κ1) is 16.7. The van der Waals surface area contributed by atoms with Crippen LogP contribution in [0.2, 0.25) is 0 Å². The molecule has 5 heteroatoms. The summed E-state index contributed by atoms with van der Waals surface area (Å²) in [6, 6.07) is 2.61. The van der Waals surface area contributed by atoms with E-state index in [4.69, 9.17) is 0 Å². The van der Waals surface area contributed by atoms with E-state index in [9.17, 15) is 0 Å². The summed E-state index contributed by atoms with van der Waals surface area (Å²) in [5.41, 5.74) is 0.984. The zero-order valence-electron chi connectivity index (χ0n) is 13.5. The number of aryl methyl sites for hydroxylation is 1. The Morgan fingerprint density at radius 2 is 1.95 bits per heavy atom. The Kier molecular flexibility index (Phi) is 7.30. The topological polar surface area (TPSA) is 53.1 Å². The van der Waals surface area contributed by atoms with Crippen molar-refractivity contribution in [1.82, 2.24) is 14.9 Å². The average molecular weight is 279 g/mol. The van der Waals surface area contributed by atoms with Gasteiger partial charge in [-0.25, -0.2) is 4.98 Å². The Balaban J connectivity index is 2.31. The number of nitrogens with one attached hydrogen (secondary N) is 2. The van der Waals surface area contributed by atoms with Crippen LogP contribution in [0.25, 0.3) is 0 Å². The van der Waals surface area contributed by atoms with Crippen molar-refractivity contribution in [3.05, 3.63) is 11.8 Å². The summed E-state index contributed by atoms with van der Waals surface area (Å²) >= 11 is 0. The maximum Gasteiger partial charge on any atom is 0.224 e. The molecule has 0 spiro atoms. The Hall–Kier alpha value is -1.36. The second kappa shape index (κ2) is 8.74. The quantitative estimate of drug-likeness (QED) is 0.681. The normalized spacial score (nSPS) is 11.2. The summed E-state index contributed by atoms with van der Waals surface area (Å²) in [6.45, 7) is 11.4. The van der Waals surface area contributed by atoms with Crippen LogP contribution in [0.5, 0.6) is 0 Å². The first-order valence-corrected chi connectivity index (χ1v) is 7.56. The smallest absolute Gasteiger partial charge is 0.224 e. The van der Waals surface area contributed by atoms with E-state index in [1.807, 2.05) is 19.9 Å². The fourth-order valence-corrected chi connectivity index (χ4v) is 1.86. The van der Waals surface area contributed by atoms with Crippen molar-refractivity contribution in [3.8, 4) is 0 Å². The van der Waals surface area contributed by atoms with Crippen LogP contribution in [0.15, 0.2) is 6.07 Å². The highest BCUT2D eigenvalue weighted by atomic mass is 15.1. The van der Waals surface area contributed by atoms with Crippen molar-refractivity contribution in [2.75, 3.05) is 37.3 Å². The lowest BCUT2D eigenvalue weighted by Crippen LogP contribution is -2.27. The molecule has 0 fully saturated rings. The summed E-state index contributed by atoms with van der Waals surface area (Å²) in [4.78, 5) is 11.2. The molecule has 0 atom stereocenters.